The molecule has 0 heterocycles. The van der Waals surface area contributed by atoms with Crippen LogP contribution in [0.1, 0.15) is 12.5 Å². The summed E-state index contributed by atoms with van der Waals surface area (Å²) in [6.07, 6.45) is 0.112. The first kappa shape index (κ1) is 14.7. The second kappa shape index (κ2) is 6.65. The van der Waals surface area contributed by atoms with Gasteiger partial charge in [0.05, 0.1) is 13.0 Å². The van der Waals surface area contributed by atoms with E-state index in [0.717, 1.165) is 5.75 Å². The fourth-order valence-electron chi connectivity index (χ4n) is 1.87. The van der Waals surface area contributed by atoms with Gasteiger partial charge >= 0.3 is 0 Å². The van der Waals surface area contributed by atoms with Crippen molar-refractivity contribution in [2.75, 3.05) is 11.9 Å². The van der Waals surface area contributed by atoms with E-state index >= 15 is 0 Å². The molecule has 2 aromatic carbocycles. The zero-order chi connectivity index (χ0) is 15.2. The third kappa shape index (κ3) is 4.14. The van der Waals surface area contributed by atoms with E-state index in [1.54, 1.807) is 30.3 Å². The van der Waals surface area contributed by atoms with Gasteiger partial charge in [-0.15, -0.1) is 0 Å². The van der Waals surface area contributed by atoms with E-state index < -0.39 is 0 Å². The Hall–Kier alpha value is -2.69. The third-order valence-corrected chi connectivity index (χ3v) is 2.85. The van der Waals surface area contributed by atoms with Crippen molar-refractivity contribution in [2.24, 2.45) is 0 Å². The van der Waals surface area contributed by atoms with Crippen molar-refractivity contribution in [2.45, 2.75) is 13.3 Å². The predicted octanol–water partition coefficient (Wildman–Crippen LogP) is 2.68. The minimum absolute atomic E-state index is 0.112. The summed E-state index contributed by atoms with van der Waals surface area (Å²) in [5.74, 6) is 0.107. The number of aromatic hydroxyl groups is 2. The minimum Gasteiger partial charge on any atom is -0.504 e. The van der Waals surface area contributed by atoms with Gasteiger partial charge in [0.15, 0.2) is 11.5 Å². The second-order valence-electron chi connectivity index (χ2n) is 4.51. The van der Waals surface area contributed by atoms with E-state index in [9.17, 15) is 15.0 Å². The van der Waals surface area contributed by atoms with Crippen molar-refractivity contribution in [3.05, 3.63) is 48.0 Å². The molecule has 0 unspecified atom stereocenters. The Morgan fingerprint density at radius 1 is 1.10 bits per heavy atom. The van der Waals surface area contributed by atoms with Crippen LogP contribution in [0.25, 0.3) is 0 Å². The maximum Gasteiger partial charge on any atom is 0.228 e. The molecule has 3 N–H and O–H groups in total. The number of anilines is 1. The Balaban J connectivity index is 1.96. The molecule has 0 aliphatic heterocycles. The molecule has 0 aromatic heterocycles. The third-order valence-electron chi connectivity index (χ3n) is 2.85. The van der Waals surface area contributed by atoms with Crippen molar-refractivity contribution in [1.82, 2.24) is 0 Å². The van der Waals surface area contributed by atoms with Gasteiger partial charge in [-0.25, -0.2) is 0 Å². The van der Waals surface area contributed by atoms with E-state index in [1.807, 2.05) is 6.92 Å². The van der Waals surface area contributed by atoms with Gasteiger partial charge in [0.25, 0.3) is 0 Å². The molecular weight excluding hydrogens is 270 g/mol. The highest BCUT2D eigenvalue weighted by Gasteiger charge is 2.07. The highest BCUT2D eigenvalue weighted by atomic mass is 16.5. The summed E-state index contributed by atoms with van der Waals surface area (Å²) in [4.78, 5) is 11.9. The molecule has 5 heteroatoms. The summed E-state index contributed by atoms with van der Waals surface area (Å²) in [6.45, 7) is 2.50. The summed E-state index contributed by atoms with van der Waals surface area (Å²) >= 11 is 0. The van der Waals surface area contributed by atoms with Gasteiger partial charge in [0.2, 0.25) is 5.91 Å². The Morgan fingerprint density at radius 2 is 1.81 bits per heavy atom. The van der Waals surface area contributed by atoms with E-state index in [4.69, 9.17) is 4.74 Å². The maximum atomic E-state index is 11.9. The molecule has 0 saturated heterocycles. The lowest BCUT2D eigenvalue weighted by Crippen LogP contribution is -2.14. The Bertz CT molecular complexity index is 623. The van der Waals surface area contributed by atoms with Gasteiger partial charge in [0.1, 0.15) is 5.75 Å². The molecule has 0 aliphatic rings. The molecule has 0 fully saturated rings. The van der Waals surface area contributed by atoms with Crippen molar-refractivity contribution >= 4 is 11.6 Å². The number of hydrogen-bond donors (Lipinski definition) is 3. The van der Waals surface area contributed by atoms with Gasteiger partial charge in [0, 0.05) is 5.69 Å². The monoisotopic (exact) mass is 287 g/mol. The molecule has 0 radical (unpaired) electrons. The molecule has 0 bridgehead atoms. The highest BCUT2D eigenvalue weighted by molar-refractivity contribution is 5.92. The fraction of sp³-hybridized carbons (Fsp3) is 0.188. The smallest absolute Gasteiger partial charge is 0.228 e. The van der Waals surface area contributed by atoms with Crippen LogP contribution in [0.5, 0.6) is 17.2 Å². The van der Waals surface area contributed by atoms with Crippen molar-refractivity contribution in [1.29, 1.82) is 0 Å². The first-order chi connectivity index (χ1) is 10.1. The van der Waals surface area contributed by atoms with Crippen LogP contribution in [0.3, 0.4) is 0 Å². The number of phenolic OH excluding ortho intramolecular Hbond substituents is 2. The van der Waals surface area contributed by atoms with Crippen LogP contribution in [0, 0.1) is 0 Å². The lowest BCUT2D eigenvalue weighted by Gasteiger charge is -2.07. The van der Waals surface area contributed by atoms with Crippen molar-refractivity contribution < 1.29 is 19.7 Å². The lowest BCUT2D eigenvalue weighted by molar-refractivity contribution is -0.115. The maximum absolute atomic E-state index is 11.9. The number of phenols is 2. The summed E-state index contributed by atoms with van der Waals surface area (Å²) < 4.78 is 5.32. The van der Waals surface area contributed by atoms with Crippen LogP contribution in [0.2, 0.25) is 0 Å². The summed E-state index contributed by atoms with van der Waals surface area (Å²) in [6, 6.07) is 11.4. The number of nitrogens with one attached hydrogen (secondary N) is 1. The number of amides is 1. The molecule has 110 valence electrons. The van der Waals surface area contributed by atoms with E-state index in [1.165, 1.54) is 12.1 Å². The topological polar surface area (TPSA) is 78.8 Å². The largest absolute Gasteiger partial charge is 0.504 e. The van der Waals surface area contributed by atoms with Crippen molar-refractivity contribution in [3.63, 3.8) is 0 Å². The Labute approximate surface area is 122 Å². The molecule has 0 spiro atoms. The van der Waals surface area contributed by atoms with Crippen LogP contribution in [-0.4, -0.2) is 22.7 Å². The molecule has 0 atom stereocenters. The average molecular weight is 287 g/mol. The molecule has 0 saturated carbocycles. The quantitative estimate of drug-likeness (QED) is 0.739. The summed E-state index contributed by atoms with van der Waals surface area (Å²) in [7, 11) is 0. The number of benzene rings is 2. The molecule has 1 amide bonds. The molecular formula is C16H17NO4. The first-order valence-electron chi connectivity index (χ1n) is 6.62. The average Bonchev–Trinajstić information content (AvgIpc) is 2.45. The number of carbonyl (C=O) groups is 1. The van der Waals surface area contributed by atoms with Gasteiger partial charge < -0.3 is 20.3 Å². The SMILES string of the molecule is CCOc1ccc(NC(=O)Cc2ccc(O)c(O)c2)cc1. The number of hydrogen-bond acceptors (Lipinski definition) is 4. The highest BCUT2D eigenvalue weighted by Crippen LogP contribution is 2.25. The molecule has 2 rings (SSSR count). The van der Waals surface area contributed by atoms with Crippen LogP contribution < -0.4 is 10.1 Å². The second-order valence-corrected chi connectivity index (χ2v) is 4.51. The van der Waals surface area contributed by atoms with E-state index in [-0.39, 0.29) is 23.8 Å². The lowest BCUT2D eigenvalue weighted by atomic mass is 10.1. The van der Waals surface area contributed by atoms with Crippen LogP contribution in [0.15, 0.2) is 42.5 Å². The Morgan fingerprint density at radius 3 is 2.43 bits per heavy atom. The van der Waals surface area contributed by atoms with Gasteiger partial charge in [-0.05, 0) is 48.9 Å². The number of rotatable bonds is 5. The van der Waals surface area contributed by atoms with Crippen molar-refractivity contribution in [3.8, 4) is 17.2 Å². The molecule has 5 nitrogen and oxygen atoms in total. The fourth-order valence-corrected chi connectivity index (χ4v) is 1.87. The number of ether oxygens (including phenoxy) is 1. The van der Waals surface area contributed by atoms with Gasteiger partial charge in [-0.3, -0.25) is 4.79 Å². The van der Waals surface area contributed by atoms with Crippen LogP contribution >= 0.6 is 0 Å². The predicted molar refractivity (Wildman–Crippen MR) is 79.7 cm³/mol. The van der Waals surface area contributed by atoms with Crippen LogP contribution in [0.4, 0.5) is 5.69 Å². The molecule has 21 heavy (non-hydrogen) atoms. The van der Waals surface area contributed by atoms with Crippen LogP contribution in [-0.2, 0) is 11.2 Å². The van der Waals surface area contributed by atoms with E-state index in [2.05, 4.69) is 5.32 Å². The standard InChI is InChI=1S/C16H17NO4/c1-2-21-13-6-4-12(5-7-13)17-16(20)10-11-3-8-14(18)15(19)9-11/h3-9,18-19H,2,10H2,1H3,(H,17,20). The summed E-state index contributed by atoms with van der Waals surface area (Å²) in [5.41, 5.74) is 1.29. The molecule has 0 aliphatic carbocycles. The van der Waals surface area contributed by atoms with Gasteiger partial charge in [-0.2, -0.15) is 0 Å². The zero-order valence-corrected chi connectivity index (χ0v) is 11.7. The van der Waals surface area contributed by atoms with Gasteiger partial charge in [-0.1, -0.05) is 6.07 Å². The first-order valence-corrected chi connectivity index (χ1v) is 6.62. The summed E-state index contributed by atoms with van der Waals surface area (Å²) in [5, 5.41) is 21.4. The Kier molecular flexibility index (Phi) is 4.66. The van der Waals surface area contributed by atoms with E-state index in [0.29, 0.717) is 17.9 Å². The normalized spacial score (nSPS) is 10.1. The zero-order valence-electron chi connectivity index (χ0n) is 11.7. The minimum atomic E-state index is -0.235. The number of carbonyl (C=O) groups excluding carboxylic acids is 1. The molecule has 2 aromatic rings.